The maximum atomic E-state index is 5.93. The molecule has 0 aliphatic heterocycles. The zero-order valence-electron chi connectivity index (χ0n) is 6.52. The summed E-state index contributed by atoms with van der Waals surface area (Å²) in [5.74, 6) is 0. The van der Waals surface area contributed by atoms with Gasteiger partial charge < -0.3 is 4.57 Å². The lowest BCUT2D eigenvalue weighted by Crippen LogP contribution is -2.29. The molecule has 1 atom stereocenters. The maximum absolute atomic E-state index is 5.93. The Morgan fingerprint density at radius 2 is 2.11 bits per heavy atom. The number of hydrogen-bond donors (Lipinski definition) is 0. The third-order valence-electron chi connectivity index (χ3n) is 1.47. The normalized spacial score (nSPS) is 14.3. The predicted octanol–water partition coefficient (Wildman–Crippen LogP) is 1.81. The van der Waals surface area contributed by atoms with E-state index in [1.807, 2.05) is 0 Å². The summed E-state index contributed by atoms with van der Waals surface area (Å²) in [5.41, 5.74) is 0. The van der Waals surface area contributed by atoms with Crippen LogP contribution in [0.5, 0.6) is 0 Å². The Kier molecular flexibility index (Phi) is 5.54. The molecule has 0 amide bonds. The van der Waals surface area contributed by atoms with Crippen LogP contribution < -0.4 is 0 Å². The molecule has 1 unspecified atom stereocenters. The maximum Gasteiger partial charge on any atom is 0.210 e. The van der Waals surface area contributed by atoms with E-state index in [4.69, 9.17) is 11.1 Å². The number of halogens is 1. The molecule has 3 heteroatoms. The number of rotatable bonds is 4. The van der Waals surface area contributed by atoms with Gasteiger partial charge in [-0.3, -0.25) is 0 Å². The van der Waals surface area contributed by atoms with Gasteiger partial charge in [-0.2, -0.15) is 11.1 Å². The first-order chi connectivity index (χ1) is 4.18. The van der Waals surface area contributed by atoms with E-state index in [0.717, 1.165) is 0 Å². The van der Waals surface area contributed by atoms with Gasteiger partial charge >= 0.3 is 0 Å². The predicted molar refractivity (Wildman–Crippen MR) is 46.4 cm³/mol. The van der Waals surface area contributed by atoms with Crippen LogP contribution in [0, 0.1) is 0 Å². The van der Waals surface area contributed by atoms with Crippen molar-refractivity contribution in [1.82, 2.24) is 4.57 Å². The van der Waals surface area contributed by atoms with Crippen molar-refractivity contribution in [2.24, 2.45) is 0 Å². The highest BCUT2D eigenvalue weighted by molar-refractivity contribution is 7.04. The second-order valence-electron chi connectivity index (χ2n) is 2.41. The zero-order valence-corrected chi connectivity index (χ0v) is 8.43. The van der Waals surface area contributed by atoms with E-state index in [9.17, 15) is 0 Å². The van der Waals surface area contributed by atoms with Gasteiger partial charge in [0.2, 0.25) is 8.27 Å². The van der Waals surface area contributed by atoms with E-state index >= 15 is 0 Å². The van der Waals surface area contributed by atoms with Crippen molar-refractivity contribution in [3.8, 4) is 0 Å². The molecule has 0 fully saturated rings. The fourth-order valence-electron chi connectivity index (χ4n) is 0.585. The van der Waals surface area contributed by atoms with Crippen LogP contribution >= 0.6 is 11.1 Å². The molecule has 9 heavy (non-hydrogen) atoms. The molecule has 0 aliphatic carbocycles. The molecule has 0 rings (SSSR count). The van der Waals surface area contributed by atoms with E-state index in [1.54, 1.807) is 0 Å². The highest BCUT2D eigenvalue weighted by atomic mass is 35.6. The van der Waals surface area contributed by atoms with E-state index in [2.05, 4.69) is 25.1 Å². The molecule has 1 nitrogen and oxygen atoms in total. The van der Waals surface area contributed by atoms with Crippen LogP contribution in [0.15, 0.2) is 0 Å². The standard InChI is InChI=1S/C6H16ClNSi/c1-4-5-6-8(2)9(3)7/h9H,4-6H2,1-3H3. The van der Waals surface area contributed by atoms with Crippen LogP contribution in [-0.2, 0) is 0 Å². The average molecular weight is 166 g/mol. The summed E-state index contributed by atoms with van der Waals surface area (Å²) in [7, 11) is 1.12. The Morgan fingerprint density at radius 3 is 2.44 bits per heavy atom. The summed E-state index contributed by atoms with van der Waals surface area (Å²) in [5, 5.41) is 0. The van der Waals surface area contributed by atoms with Crippen molar-refractivity contribution in [2.45, 2.75) is 26.3 Å². The molecule has 0 radical (unpaired) electrons. The van der Waals surface area contributed by atoms with Gasteiger partial charge in [-0.1, -0.05) is 13.3 Å². The fraction of sp³-hybridized carbons (Fsp3) is 1.00. The van der Waals surface area contributed by atoms with E-state index in [1.165, 1.54) is 19.4 Å². The van der Waals surface area contributed by atoms with Gasteiger partial charge in [-0.15, -0.1) is 0 Å². The highest BCUT2D eigenvalue weighted by Crippen LogP contribution is 1.97. The van der Waals surface area contributed by atoms with E-state index in [-0.39, 0.29) is 0 Å². The van der Waals surface area contributed by atoms with Crippen molar-refractivity contribution >= 4 is 19.3 Å². The molecule has 0 spiro atoms. The van der Waals surface area contributed by atoms with Gasteiger partial charge in [-0.25, -0.2) is 0 Å². The van der Waals surface area contributed by atoms with Gasteiger partial charge in [0.1, 0.15) is 0 Å². The smallest absolute Gasteiger partial charge is 0.210 e. The Morgan fingerprint density at radius 1 is 1.56 bits per heavy atom. The number of nitrogens with zero attached hydrogens (tertiary/aromatic N) is 1. The lowest BCUT2D eigenvalue weighted by Gasteiger charge is -2.16. The molecule has 0 aromatic carbocycles. The fourth-order valence-corrected chi connectivity index (χ4v) is 1.42. The number of unbranched alkanes of at least 4 members (excludes halogenated alkanes) is 1. The molecule has 0 heterocycles. The molecule has 0 aliphatic rings. The summed E-state index contributed by atoms with van der Waals surface area (Å²) < 4.78 is 2.28. The average Bonchev–Trinajstić information content (AvgIpc) is 1.82. The summed E-state index contributed by atoms with van der Waals surface area (Å²) in [6, 6.07) is 0. The zero-order chi connectivity index (χ0) is 7.28. The molecular formula is C6H16ClNSi. The largest absolute Gasteiger partial charge is 0.317 e. The van der Waals surface area contributed by atoms with Crippen LogP contribution in [0.3, 0.4) is 0 Å². The minimum absolute atomic E-state index is 0.991. The quantitative estimate of drug-likeness (QED) is 0.454. The molecular weight excluding hydrogens is 150 g/mol. The third kappa shape index (κ3) is 4.94. The van der Waals surface area contributed by atoms with Crippen LogP contribution in [0.4, 0.5) is 0 Å². The van der Waals surface area contributed by atoms with Crippen molar-refractivity contribution in [3.05, 3.63) is 0 Å². The van der Waals surface area contributed by atoms with Gasteiger partial charge in [-0.05, 0) is 26.6 Å². The van der Waals surface area contributed by atoms with Gasteiger partial charge in [0.15, 0.2) is 0 Å². The molecule has 0 saturated heterocycles. The molecule has 0 aromatic rings. The minimum Gasteiger partial charge on any atom is -0.317 e. The molecule has 0 aromatic heterocycles. The Balaban J connectivity index is 3.16. The summed E-state index contributed by atoms with van der Waals surface area (Å²) >= 11 is 5.93. The molecule has 0 N–H and O–H groups in total. The lowest BCUT2D eigenvalue weighted by molar-refractivity contribution is 0.508. The summed E-state index contributed by atoms with van der Waals surface area (Å²) in [6.45, 7) is 5.51. The summed E-state index contributed by atoms with van der Waals surface area (Å²) in [6.07, 6.45) is 2.54. The van der Waals surface area contributed by atoms with Gasteiger partial charge in [0.25, 0.3) is 0 Å². The first-order valence-corrected chi connectivity index (χ1v) is 6.94. The molecule has 56 valence electrons. The van der Waals surface area contributed by atoms with Gasteiger partial charge in [0.05, 0.1) is 0 Å². The van der Waals surface area contributed by atoms with E-state index < -0.39 is 8.27 Å². The second-order valence-corrected chi connectivity index (χ2v) is 6.33. The van der Waals surface area contributed by atoms with Crippen molar-refractivity contribution in [3.63, 3.8) is 0 Å². The molecule has 0 bridgehead atoms. The second kappa shape index (κ2) is 5.27. The lowest BCUT2D eigenvalue weighted by atomic mass is 10.3. The van der Waals surface area contributed by atoms with Crippen LogP contribution in [-0.4, -0.2) is 26.4 Å². The van der Waals surface area contributed by atoms with Gasteiger partial charge in [0, 0.05) is 0 Å². The minimum atomic E-state index is -0.991. The SMILES string of the molecule is CCCCN(C)[SiH](C)Cl. The van der Waals surface area contributed by atoms with Crippen LogP contribution in [0.1, 0.15) is 19.8 Å². The topological polar surface area (TPSA) is 3.24 Å². The Labute approximate surface area is 64.4 Å². The molecule has 0 saturated carbocycles. The summed E-state index contributed by atoms with van der Waals surface area (Å²) in [4.78, 5) is 0. The van der Waals surface area contributed by atoms with Crippen LogP contribution in [0.25, 0.3) is 0 Å². The number of hydrogen-bond acceptors (Lipinski definition) is 1. The van der Waals surface area contributed by atoms with Crippen molar-refractivity contribution < 1.29 is 0 Å². The monoisotopic (exact) mass is 165 g/mol. The van der Waals surface area contributed by atoms with Crippen LogP contribution in [0.2, 0.25) is 6.55 Å². The van der Waals surface area contributed by atoms with Crippen molar-refractivity contribution in [2.75, 3.05) is 13.6 Å². The Bertz CT molecular complexity index is 68.1. The highest BCUT2D eigenvalue weighted by Gasteiger charge is 2.04. The van der Waals surface area contributed by atoms with Crippen molar-refractivity contribution in [1.29, 1.82) is 0 Å². The first-order valence-electron chi connectivity index (χ1n) is 3.52. The van der Waals surface area contributed by atoms with E-state index in [0.29, 0.717) is 0 Å². The first kappa shape index (κ1) is 9.47. The third-order valence-corrected chi connectivity index (χ3v) is 3.94. The Hall–Kier alpha value is 0.467.